The maximum Gasteiger partial charge on any atom is 0.232 e. The highest BCUT2D eigenvalue weighted by atomic mass is 16.5. The fourth-order valence-corrected chi connectivity index (χ4v) is 3.78. The fourth-order valence-electron chi connectivity index (χ4n) is 3.78. The molecule has 0 atom stereocenters. The van der Waals surface area contributed by atoms with E-state index in [2.05, 4.69) is 9.88 Å². The highest BCUT2D eigenvalue weighted by Gasteiger charge is 2.35. The molecule has 6 nitrogen and oxygen atoms in total. The molecule has 0 saturated carbocycles. The van der Waals surface area contributed by atoms with Gasteiger partial charge < -0.3 is 13.9 Å². The number of pyridine rings is 1. The van der Waals surface area contributed by atoms with Gasteiger partial charge in [-0.05, 0) is 55.3 Å². The van der Waals surface area contributed by atoms with Gasteiger partial charge in [-0.3, -0.25) is 14.7 Å². The van der Waals surface area contributed by atoms with E-state index in [9.17, 15) is 4.79 Å². The molecule has 1 aromatic carbocycles. The van der Waals surface area contributed by atoms with E-state index in [4.69, 9.17) is 13.9 Å². The zero-order chi connectivity index (χ0) is 20.0. The summed E-state index contributed by atoms with van der Waals surface area (Å²) in [6, 6.07) is 9.59. The van der Waals surface area contributed by atoms with Gasteiger partial charge in [0.05, 0.1) is 11.1 Å². The molecule has 0 unspecified atom stereocenters. The van der Waals surface area contributed by atoms with Gasteiger partial charge in [-0.1, -0.05) is 0 Å². The van der Waals surface area contributed by atoms with Gasteiger partial charge in [0.2, 0.25) is 5.78 Å². The molecule has 0 saturated heterocycles. The minimum absolute atomic E-state index is 0.124. The van der Waals surface area contributed by atoms with E-state index < -0.39 is 0 Å². The number of aromatic nitrogens is 1. The molecule has 6 heteroatoms. The van der Waals surface area contributed by atoms with Crippen LogP contribution in [0.3, 0.4) is 0 Å². The number of aryl methyl sites for hydroxylation is 2. The van der Waals surface area contributed by atoms with Gasteiger partial charge in [0, 0.05) is 31.6 Å². The summed E-state index contributed by atoms with van der Waals surface area (Å²) in [5.74, 6) is 2.90. The predicted octanol–water partition coefficient (Wildman–Crippen LogP) is 4.26. The van der Waals surface area contributed by atoms with E-state index in [1.165, 1.54) is 0 Å². The van der Waals surface area contributed by atoms with E-state index in [1.54, 1.807) is 18.5 Å². The Hall–Kier alpha value is -3.38. The summed E-state index contributed by atoms with van der Waals surface area (Å²) in [5.41, 5.74) is 3.51. The third-order valence-electron chi connectivity index (χ3n) is 5.18. The third-order valence-corrected chi connectivity index (χ3v) is 5.18. The van der Waals surface area contributed by atoms with Crippen molar-refractivity contribution in [2.75, 3.05) is 6.73 Å². The van der Waals surface area contributed by atoms with Crippen molar-refractivity contribution in [2.45, 2.75) is 26.9 Å². The molecular formula is C23H20N2O4. The first kappa shape index (κ1) is 17.7. The maximum absolute atomic E-state index is 13.0. The third kappa shape index (κ3) is 3.21. The number of nitrogens with zero attached hydrogens (tertiary/aromatic N) is 2. The Morgan fingerprint density at radius 3 is 2.76 bits per heavy atom. The number of benzene rings is 1. The second-order valence-electron chi connectivity index (χ2n) is 7.38. The first-order valence-corrected chi connectivity index (χ1v) is 9.50. The molecule has 146 valence electrons. The summed E-state index contributed by atoms with van der Waals surface area (Å²) in [5, 5.41) is 0. The number of hydrogen-bond donors (Lipinski definition) is 0. The van der Waals surface area contributed by atoms with Crippen LogP contribution in [0.5, 0.6) is 11.5 Å². The van der Waals surface area contributed by atoms with Crippen molar-refractivity contribution in [1.29, 1.82) is 0 Å². The molecule has 2 aliphatic heterocycles. The molecule has 0 spiro atoms. The standard InChI is InChI=1S/C23H20N2O4/c1-14-9-19-18(12-25(13-27-19)11-16-5-7-24-8-6-16)23-21(14)22(26)20(29-23)10-17-4-3-15(2)28-17/h3-10H,11-13H2,1-2H3/b20-10-. The number of allylic oxidation sites excluding steroid dienone is 1. The Morgan fingerprint density at radius 2 is 2.00 bits per heavy atom. The van der Waals surface area contributed by atoms with Crippen LogP contribution in [0.2, 0.25) is 0 Å². The van der Waals surface area contributed by atoms with Crippen LogP contribution in [-0.4, -0.2) is 22.4 Å². The van der Waals surface area contributed by atoms with Crippen LogP contribution in [0.25, 0.3) is 6.08 Å². The lowest BCUT2D eigenvalue weighted by Gasteiger charge is -2.30. The number of carbonyl (C=O) groups is 1. The summed E-state index contributed by atoms with van der Waals surface area (Å²) < 4.78 is 17.6. The van der Waals surface area contributed by atoms with Crippen LogP contribution in [-0.2, 0) is 13.1 Å². The Balaban J connectivity index is 1.47. The topological polar surface area (TPSA) is 64.8 Å². The molecule has 0 bridgehead atoms. The Morgan fingerprint density at radius 1 is 1.17 bits per heavy atom. The molecule has 2 aliphatic rings. The molecule has 0 aliphatic carbocycles. The van der Waals surface area contributed by atoms with Gasteiger partial charge in [-0.25, -0.2) is 0 Å². The van der Waals surface area contributed by atoms with Crippen LogP contribution in [0, 0.1) is 13.8 Å². The minimum Gasteiger partial charge on any atom is -0.478 e. The summed E-state index contributed by atoms with van der Waals surface area (Å²) in [6.45, 7) is 5.62. The second kappa shape index (κ2) is 6.90. The summed E-state index contributed by atoms with van der Waals surface area (Å²) >= 11 is 0. The number of hydrogen-bond acceptors (Lipinski definition) is 6. The maximum atomic E-state index is 13.0. The average molecular weight is 388 g/mol. The molecule has 0 N–H and O–H groups in total. The van der Waals surface area contributed by atoms with Crippen LogP contribution >= 0.6 is 0 Å². The molecule has 3 aromatic rings. The van der Waals surface area contributed by atoms with Gasteiger partial charge >= 0.3 is 0 Å². The summed E-state index contributed by atoms with van der Waals surface area (Å²) in [6.07, 6.45) is 5.22. The molecule has 4 heterocycles. The molecule has 0 radical (unpaired) electrons. The number of Topliss-reactive ketones (excluding diaryl/α,β-unsaturated/α-hetero) is 1. The van der Waals surface area contributed by atoms with E-state index >= 15 is 0 Å². The fraction of sp³-hybridized carbons (Fsp3) is 0.217. The van der Waals surface area contributed by atoms with Crippen molar-refractivity contribution in [3.8, 4) is 11.5 Å². The van der Waals surface area contributed by atoms with Crippen LogP contribution in [0.1, 0.15) is 38.6 Å². The lowest BCUT2D eigenvalue weighted by molar-refractivity contribution is 0.0872. The summed E-state index contributed by atoms with van der Waals surface area (Å²) in [7, 11) is 0. The lowest BCUT2D eigenvalue weighted by Crippen LogP contribution is -2.31. The van der Waals surface area contributed by atoms with Gasteiger partial charge in [-0.15, -0.1) is 0 Å². The highest BCUT2D eigenvalue weighted by molar-refractivity contribution is 6.15. The van der Waals surface area contributed by atoms with E-state index in [0.717, 1.165) is 34.7 Å². The average Bonchev–Trinajstić information content (AvgIpc) is 3.27. The Bertz CT molecular complexity index is 1130. The highest BCUT2D eigenvalue weighted by Crippen LogP contribution is 2.44. The minimum atomic E-state index is -0.124. The normalized spacial score (nSPS) is 17.0. The summed E-state index contributed by atoms with van der Waals surface area (Å²) in [4.78, 5) is 19.2. The van der Waals surface area contributed by atoms with E-state index in [1.807, 2.05) is 44.2 Å². The van der Waals surface area contributed by atoms with Crippen molar-refractivity contribution in [1.82, 2.24) is 9.88 Å². The number of ether oxygens (including phenoxy) is 2. The lowest BCUT2D eigenvalue weighted by atomic mass is 9.98. The molecule has 0 amide bonds. The zero-order valence-electron chi connectivity index (χ0n) is 16.3. The second-order valence-corrected chi connectivity index (χ2v) is 7.38. The van der Waals surface area contributed by atoms with Gasteiger partial charge in [0.1, 0.15) is 29.8 Å². The molecule has 2 aromatic heterocycles. The van der Waals surface area contributed by atoms with Crippen molar-refractivity contribution in [3.05, 3.63) is 82.3 Å². The monoisotopic (exact) mass is 388 g/mol. The predicted molar refractivity (Wildman–Crippen MR) is 107 cm³/mol. The van der Waals surface area contributed by atoms with Gasteiger partial charge in [0.15, 0.2) is 5.76 Å². The molecular weight excluding hydrogens is 368 g/mol. The largest absolute Gasteiger partial charge is 0.478 e. The van der Waals surface area contributed by atoms with Gasteiger partial charge in [0.25, 0.3) is 0 Å². The SMILES string of the molecule is Cc1ccc(/C=C2\Oc3c4c(cc(C)c3C2=O)OCN(Cc2ccncc2)C4)o1. The molecule has 0 fully saturated rings. The van der Waals surface area contributed by atoms with Crippen molar-refractivity contribution in [2.24, 2.45) is 0 Å². The van der Waals surface area contributed by atoms with Crippen molar-refractivity contribution in [3.63, 3.8) is 0 Å². The first-order valence-electron chi connectivity index (χ1n) is 9.50. The van der Waals surface area contributed by atoms with Crippen LogP contribution < -0.4 is 9.47 Å². The zero-order valence-corrected chi connectivity index (χ0v) is 16.3. The molecule has 5 rings (SSSR count). The number of carbonyl (C=O) groups excluding carboxylic acids is 1. The quantitative estimate of drug-likeness (QED) is 0.625. The number of fused-ring (bicyclic) bond motifs is 3. The van der Waals surface area contributed by atoms with E-state index in [0.29, 0.717) is 30.3 Å². The smallest absolute Gasteiger partial charge is 0.232 e. The Kier molecular flexibility index (Phi) is 4.21. The Labute approximate surface area is 168 Å². The van der Waals surface area contributed by atoms with E-state index in [-0.39, 0.29) is 11.5 Å². The van der Waals surface area contributed by atoms with Gasteiger partial charge in [-0.2, -0.15) is 0 Å². The number of furan rings is 1. The van der Waals surface area contributed by atoms with Crippen molar-refractivity contribution >= 4 is 11.9 Å². The number of ketones is 1. The van der Waals surface area contributed by atoms with Crippen LogP contribution in [0.4, 0.5) is 0 Å². The van der Waals surface area contributed by atoms with Crippen molar-refractivity contribution < 1.29 is 18.7 Å². The number of rotatable bonds is 3. The first-order chi connectivity index (χ1) is 14.1. The molecule has 29 heavy (non-hydrogen) atoms. The van der Waals surface area contributed by atoms with Crippen LogP contribution in [0.15, 0.2) is 52.9 Å².